The predicted octanol–water partition coefficient (Wildman–Crippen LogP) is 3.78. The summed E-state index contributed by atoms with van der Waals surface area (Å²) in [5, 5.41) is 4.15. The number of furan rings is 1. The molecule has 16 heavy (non-hydrogen) atoms. The van der Waals surface area contributed by atoms with Crippen molar-refractivity contribution in [3.05, 3.63) is 59.0 Å². The molecule has 2 aromatic rings. The Labute approximate surface area is 100 Å². The fraction of sp³-hybridized carbons (Fsp3) is 0.231. The summed E-state index contributed by atoms with van der Waals surface area (Å²) in [6.07, 6.45) is 1.68. The normalized spacial score (nSPS) is 12.6. The molecule has 2 nitrogen and oxygen atoms in total. The first-order chi connectivity index (χ1) is 7.75. The van der Waals surface area contributed by atoms with Gasteiger partial charge in [-0.1, -0.05) is 23.7 Å². The van der Waals surface area contributed by atoms with E-state index in [1.807, 2.05) is 36.4 Å². The van der Waals surface area contributed by atoms with Crippen LogP contribution >= 0.6 is 11.6 Å². The number of rotatable bonds is 4. The Morgan fingerprint density at radius 3 is 2.62 bits per heavy atom. The maximum absolute atomic E-state index is 5.84. The van der Waals surface area contributed by atoms with Gasteiger partial charge < -0.3 is 9.73 Å². The minimum absolute atomic E-state index is 0.280. The van der Waals surface area contributed by atoms with Gasteiger partial charge in [-0.3, -0.25) is 0 Å². The summed E-state index contributed by atoms with van der Waals surface area (Å²) < 4.78 is 5.26. The van der Waals surface area contributed by atoms with Crippen LogP contribution in [0, 0.1) is 0 Å². The summed E-state index contributed by atoms with van der Waals surface area (Å²) in [7, 11) is 0. The molecule has 84 valence electrons. The number of hydrogen-bond donors (Lipinski definition) is 1. The van der Waals surface area contributed by atoms with E-state index in [1.165, 1.54) is 5.56 Å². The molecule has 0 amide bonds. The predicted molar refractivity (Wildman–Crippen MR) is 65.4 cm³/mol. The van der Waals surface area contributed by atoms with E-state index in [1.54, 1.807) is 6.26 Å². The van der Waals surface area contributed by atoms with Crippen molar-refractivity contribution in [3.63, 3.8) is 0 Å². The number of halogens is 1. The Morgan fingerprint density at radius 2 is 2.00 bits per heavy atom. The van der Waals surface area contributed by atoms with Crippen LogP contribution in [0.15, 0.2) is 47.1 Å². The summed E-state index contributed by atoms with van der Waals surface area (Å²) in [6, 6.07) is 12.0. The summed E-state index contributed by atoms with van der Waals surface area (Å²) in [5.74, 6) is 0.945. The van der Waals surface area contributed by atoms with Crippen molar-refractivity contribution >= 4 is 11.6 Å². The second kappa shape index (κ2) is 5.19. The lowest BCUT2D eigenvalue weighted by atomic mass is 10.1. The molecule has 0 saturated heterocycles. The molecule has 0 aliphatic carbocycles. The van der Waals surface area contributed by atoms with E-state index in [0.717, 1.165) is 17.3 Å². The molecule has 0 fully saturated rings. The number of nitrogens with one attached hydrogen (secondary N) is 1. The third-order valence-electron chi connectivity index (χ3n) is 2.53. The zero-order chi connectivity index (χ0) is 11.4. The van der Waals surface area contributed by atoms with E-state index in [-0.39, 0.29) is 6.04 Å². The Bertz CT molecular complexity index is 422. The third-order valence-corrected chi connectivity index (χ3v) is 2.78. The average Bonchev–Trinajstić information content (AvgIpc) is 2.80. The molecule has 0 unspecified atom stereocenters. The summed E-state index contributed by atoms with van der Waals surface area (Å²) >= 11 is 5.84. The van der Waals surface area contributed by atoms with Crippen molar-refractivity contribution in [2.45, 2.75) is 19.5 Å². The summed E-state index contributed by atoms with van der Waals surface area (Å²) in [6.45, 7) is 2.85. The number of benzene rings is 1. The van der Waals surface area contributed by atoms with Crippen LogP contribution in [0.3, 0.4) is 0 Å². The molecule has 0 radical (unpaired) electrons. The summed E-state index contributed by atoms with van der Waals surface area (Å²) in [4.78, 5) is 0. The Kier molecular flexibility index (Phi) is 3.65. The van der Waals surface area contributed by atoms with Crippen molar-refractivity contribution in [1.82, 2.24) is 5.32 Å². The maximum Gasteiger partial charge on any atom is 0.117 e. The van der Waals surface area contributed by atoms with Crippen LogP contribution in [0.1, 0.15) is 24.3 Å². The molecule has 1 aromatic heterocycles. The van der Waals surface area contributed by atoms with Gasteiger partial charge in [-0.15, -0.1) is 0 Å². The van der Waals surface area contributed by atoms with Crippen molar-refractivity contribution in [2.75, 3.05) is 0 Å². The molecular weight excluding hydrogens is 222 g/mol. The Balaban J connectivity index is 1.93. The minimum Gasteiger partial charge on any atom is -0.468 e. The van der Waals surface area contributed by atoms with E-state index in [2.05, 4.69) is 12.2 Å². The van der Waals surface area contributed by atoms with Gasteiger partial charge in [0.15, 0.2) is 0 Å². The topological polar surface area (TPSA) is 25.2 Å². The van der Waals surface area contributed by atoms with Gasteiger partial charge in [-0.25, -0.2) is 0 Å². The van der Waals surface area contributed by atoms with Gasteiger partial charge in [0.05, 0.1) is 12.8 Å². The monoisotopic (exact) mass is 235 g/mol. The molecule has 0 aliphatic heterocycles. The lowest BCUT2D eigenvalue weighted by Crippen LogP contribution is -2.17. The molecule has 0 bridgehead atoms. The highest BCUT2D eigenvalue weighted by atomic mass is 35.5. The molecule has 1 atom stereocenters. The fourth-order valence-electron chi connectivity index (χ4n) is 1.54. The second-order valence-corrected chi connectivity index (χ2v) is 4.17. The largest absolute Gasteiger partial charge is 0.468 e. The summed E-state index contributed by atoms with van der Waals surface area (Å²) in [5.41, 5.74) is 1.22. The first-order valence-electron chi connectivity index (χ1n) is 5.27. The standard InChI is InChI=1S/C13H14ClNO/c1-10(11-4-6-12(14)7-5-11)15-9-13-3-2-8-16-13/h2-8,10,15H,9H2,1H3/t10-/m0/s1. The fourth-order valence-corrected chi connectivity index (χ4v) is 1.66. The van der Waals surface area contributed by atoms with Gasteiger partial charge in [0.25, 0.3) is 0 Å². The smallest absolute Gasteiger partial charge is 0.117 e. The SMILES string of the molecule is C[C@H](NCc1ccco1)c1ccc(Cl)cc1. The van der Waals surface area contributed by atoms with Crippen LogP contribution in [-0.2, 0) is 6.54 Å². The van der Waals surface area contributed by atoms with E-state index in [9.17, 15) is 0 Å². The molecule has 0 saturated carbocycles. The lowest BCUT2D eigenvalue weighted by Gasteiger charge is -2.13. The van der Waals surface area contributed by atoms with Crippen LogP contribution in [0.25, 0.3) is 0 Å². The molecule has 2 rings (SSSR count). The molecule has 1 aromatic carbocycles. The first-order valence-corrected chi connectivity index (χ1v) is 5.65. The van der Waals surface area contributed by atoms with Crippen molar-refractivity contribution in [3.8, 4) is 0 Å². The first kappa shape index (κ1) is 11.2. The Morgan fingerprint density at radius 1 is 1.25 bits per heavy atom. The lowest BCUT2D eigenvalue weighted by molar-refractivity contribution is 0.460. The molecular formula is C13H14ClNO. The zero-order valence-electron chi connectivity index (χ0n) is 9.11. The van der Waals surface area contributed by atoms with E-state index in [4.69, 9.17) is 16.0 Å². The zero-order valence-corrected chi connectivity index (χ0v) is 9.87. The molecule has 1 heterocycles. The Hall–Kier alpha value is -1.25. The highest BCUT2D eigenvalue weighted by Gasteiger charge is 2.05. The van der Waals surface area contributed by atoms with Gasteiger partial charge in [-0.2, -0.15) is 0 Å². The van der Waals surface area contributed by atoms with Crippen LogP contribution < -0.4 is 5.32 Å². The van der Waals surface area contributed by atoms with Crippen LogP contribution in [-0.4, -0.2) is 0 Å². The molecule has 0 spiro atoms. The van der Waals surface area contributed by atoms with Crippen LogP contribution in [0.5, 0.6) is 0 Å². The van der Waals surface area contributed by atoms with Crippen molar-refractivity contribution in [1.29, 1.82) is 0 Å². The van der Waals surface area contributed by atoms with E-state index >= 15 is 0 Å². The van der Waals surface area contributed by atoms with E-state index in [0.29, 0.717) is 0 Å². The van der Waals surface area contributed by atoms with Crippen molar-refractivity contribution < 1.29 is 4.42 Å². The van der Waals surface area contributed by atoms with Gasteiger partial charge in [0.1, 0.15) is 5.76 Å². The maximum atomic E-state index is 5.84. The van der Waals surface area contributed by atoms with E-state index < -0.39 is 0 Å². The van der Waals surface area contributed by atoms with Crippen molar-refractivity contribution in [2.24, 2.45) is 0 Å². The van der Waals surface area contributed by atoms with Gasteiger partial charge >= 0.3 is 0 Å². The minimum atomic E-state index is 0.280. The van der Waals surface area contributed by atoms with Gasteiger partial charge in [0.2, 0.25) is 0 Å². The quantitative estimate of drug-likeness (QED) is 0.873. The molecule has 1 N–H and O–H groups in total. The molecule has 0 aliphatic rings. The average molecular weight is 236 g/mol. The third kappa shape index (κ3) is 2.87. The van der Waals surface area contributed by atoms with Crippen LogP contribution in [0.4, 0.5) is 0 Å². The van der Waals surface area contributed by atoms with Crippen LogP contribution in [0.2, 0.25) is 5.02 Å². The highest BCUT2D eigenvalue weighted by molar-refractivity contribution is 6.30. The van der Waals surface area contributed by atoms with Gasteiger partial charge in [-0.05, 0) is 36.8 Å². The molecule has 3 heteroatoms. The highest BCUT2D eigenvalue weighted by Crippen LogP contribution is 2.16. The second-order valence-electron chi connectivity index (χ2n) is 3.73. The number of hydrogen-bond acceptors (Lipinski definition) is 2. The van der Waals surface area contributed by atoms with Gasteiger partial charge in [0, 0.05) is 11.1 Å².